The molecule has 0 bridgehead atoms. The number of nitrogens with zero attached hydrogens (tertiary/aromatic N) is 20. The number of nitriles is 3. The first kappa shape index (κ1) is 93.4. The maximum atomic E-state index is 13.9. The number of rotatable bonds is 23. The number of hydrogen-bond donors (Lipinski definition) is 0. The van der Waals surface area contributed by atoms with Crippen LogP contribution in [0.3, 0.4) is 0 Å². The van der Waals surface area contributed by atoms with Gasteiger partial charge in [0.2, 0.25) is 0 Å². The summed E-state index contributed by atoms with van der Waals surface area (Å²) in [5, 5.41) is 36.8. The van der Waals surface area contributed by atoms with Crippen molar-refractivity contribution in [3.63, 3.8) is 0 Å². The smallest absolute Gasteiger partial charge is 0.318 e. The van der Waals surface area contributed by atoms with Crippen LogP contribution in [0.2, 0.25) is 15.1 Å². The Labute approximate surface area is 781 Å². The van der Waals surface area contributed by atoms with Crippen molar-refractivity contribution >= 4 is 119 Å². The lowest BCUT2D eigenvalue weighted by atomic mass is 9.86. The van der Waals surface area contributed by atoms with Crippen molar-refractivity contribution in [2.24, 2.45) is 5.92 Å². The number of anilines is 6. The van der Waals surface area contributed by atoms with E-state index in [0.717, 1.165) is 166 Å². The number of carbonyl (C=O) groups is 3. The first-order chi connectivity index (χ1) is 64.0. The van der Waals surface area contributed by atoms with Crippen LogP contribution in [0.4, 0.5) is 47.7 Å². The van der Waals surface area contributed by atoms with Gasteiger partial charge in [0.05, 0.1) is 127 Å². The lowest BCUT2D eigenvalue weighted by Crippen LogP contribution is -2.55. The van der Waals surface area contributed by atoms with Crippen molar-refractivity contribution in [2.45, 2.75) is 135 Å². The van der Waals surface area contributed by atoms with Crippen LogP contribution in [0, 0.1) is 39.9 Å². The van der Waals surface area contributed by atoms with E-state index in [9.17, 15) is 43.3 Å². The van der Waals surface area contributed by atoms with E-state index in [-0.39, 0.29) is 63.1 Å². The Balaban J connectivity index is 0.000000145. The molecule has 6 aromatic carbocycles. The summed E-state index contributed by atoms with van der Waals surface area (Å²) in [6.07, 6.45) is 5.58. The third kappa shape index (κ3) is 21.0. The molecule has 0 spiro atoms. The Morgan fingerprint density at radius 3 is 1.11 bits per heavy atom. The third-order valence-electron chi connectivity index (χ3n) is 26.4. The van der Waals surface area contributed by atoms with Gasteiger partial charge in [0, 0.05) is 161 Å². The van der Waals surface area contributed by atoms with E-state index in [2.05, 4.69) is 153 Å². The maximum absolute atomic E-state index is 13.9. The highest BCUT2D eigenvalue weighted by molar-refractivity contribution is 6.37. The van der Waals surface area contributed by atoms with Crippen LogP contribution in [0.5, 0.6) is 18.0 Å². The molecule has 9 aromatic rings. The number of morpholine rings is 2. The van der Waals surface area contributed by atoms with Crippen molar-refractivity contribution in [3.8, 4) is 36.2 Å². The fourth-order valence-corrected chi connectivity index (χ4v) is 20.1. The Morgan fingerprint density at radius 2 is 0.788 bits per heavy atom. The molecule has 6 fully saturated rings. The summed E-state index contributed by atoms with van der Waals surface area (Å²) in [4.78, 5) is 88.9. The molecule has 1 saturated carbocycles. The predicted octanol–water partition coefficient (Wildman–Crippen LogP) is 14.5. The van der Waals surface area contributed by atoms with Crippen LogP contribution in [-0.4, -0.2) is 253 Å². The van der Waals surface area contributed by atoms with E-state index < -0.39 is 53.3 Å². The minimum Gasteiger partial charge on any atom is -0.463 e. The number of piperazine rings is 3. The minimum atomic E-state index is -1.03. The van der Waals surface area contributed by atoms with Crippen LogP contribution in [-0.2, 0) is 62.8 Å². The number of hydrogen-bond acceptors (Lipinski definition) is 25. The first-order valence-electron chi connectivity index (χ1n) is 45.4. The number of carbonyl (C=O) groups excluding carboxylic acids is 3. The number of aromatic nitrogens is 6. The molecule has 132 heavy (non-hydrogen) atoms. The molecule has 8 aliphatic heterocycles. The van der Waals surface area contributed by atoms with Gasteiger partial charge in [-0.15, -0.1) is 0 Å². The molecule has 0 radical (unpaired) electrons. The quantitative estimate of drug-likeness (QED) is 0.0538. The molecular weight excluding hydrogens is 1750 g/mol. The zero-order valence-corrected chi connectivity index (χ0v) is 76.8. The van der Waals surface area contributed by atoms with E-state index >= 15 is 0 Å². The normalized spacial score (nSPS) is 20.0. The van der Waals surface area contributed by atoms with Crippen LogP contribution >= 0.6 is 34.8 Å². The second-order valence-corrected chi connectivity index (χ2v) is 36.1. The Bertz CT molecular complexity index is 5940. The molecule has 2 unspecified atom stereocenters. The van der Waals surface area contributed by atoms with Crippen molar-refractivity contribution in [1.29, 1.82) is 15.8 Å². The summed E-state index contributed by atoms with van der Waals surface area (Å²) in [6.45, 7) is 29.6. The zero-order valence-electron chi connectivity index (χ0n) is 74.6. The summed E-state index contributed by atoms with van der Waals surface area (Å²) in [5.41, 5.74) is 8.75. The lowest BCUT2D eigenvalue weighted by Gasteiger charge is -2.42. The van der Waals surface area contributed by atoms with Gasteiger partial charge >= 0.3 is 18.0 Å². The molecule has 0 N–H and O–H groups in total. The highest BCUT2D eigenvalue weighted by atomic mass is 35.5. The van der Waals surface area contributed by atoms with Gasteiger partial charge in [-0.2, -0.15) is 45.7 Å². The second-order valence-electron chi connectivity index (χ2n) is 34.9. The van der Waals surface area contributed by atoms with Gasteiger partial charge in [0.1, 0.15) is 42.9 Å². The van der Waals surface area contributed by atoms with Crippen LogP contribution in [0.15, 0.2) is 146 Å². The molecule has 11 heterocycles. The van der Waals surface area contributed by atoms with Crippen LogP contribution in [0.25, 0.3) is 32.3 Å². The average molecular weight is 1860 g/mol. The van der Waals surface area contributed by atoms with Crippen LogP contribution < -0.4 is 43.6 Å². The molecule has 1 aliphatic carbocycles. The number of likely N-dealkylation sites (N-methyl/N-ethyl adjacent to an activating group) is 1. The molecule has 3 amide bonds. The standard InChI is InChI=1S/C34H39ClFN7O3.C33H37ClFN7O3.C31H32ClFN6O2/c1-22(2)40-16-17-45-26(19-40)21-46-34-38-29-20-41(30-9-5-7-24-6-4-8-28(35)31(24)30)13-11-27(29)32(39-34)42-14-15-43(33(44)23(3)36)25(18-42)10-12-37;1-3-39-16-17-44-25(19-39)21-45-33-37-28-20-40(29-9-5-7-23-6-4-8-27(34)30(23)29)13-11-26(28)31(38-33)41-14-15-42(32(43)22(2)35)24(18-41)10-12-36;1-20(33)30(40)39-16-15-38(17-23(39)11-13-34)29-24-12-14-37(27-10-4-8-22-7-3-9-25(32)28(22)27)18-26(24)35-31(36-29)41-19-21-5-2-6-21/h4-9,22,25-26H,3,10-11,13-21H2,1-2H3;4-9,24-25H,2-3,10-11,13-21H2,1H3;3-4,7-10,21,23H,1-2,5-6,11-12,14-19H2/t25-,26?;24-,25?;23-/m000/s1. The number of ether oxygens (including phenoxy) is 5. The summed E-state index contributed by atoms with van der Waals surface area (Å²) >= 11 is 20.0. The predicted molar refractivity (Wildman–Crippen MR) is 504 cm³/mol. The van der Waals surface area contributed by atoms with Crippen molar-refractivity contribution in [2.75, 3.05) is 174 Å². The van der Waals surface area contributed by atoms with E-state index in [1.165, 1.54) is 21.1 Å². The SMILES string of the molecule is C=C(F)C(=O)N1CCN(c2nc(OCC3CCC3)nc3c2CCN(c2cccc4cccc(Cl)c24)C3)C[C@@H]1CC#N.C=C(F)C(=O)N1CCN(c2nc(OCC3CN(C(C)C)CCO3)nc3c2CCN(c2cccc4cccc(Cl)c24)C3)C[C@@H]1CC#N.C=C(F)C(=O)N1CCN(c2nc(OCC3CN(CC)CCO3)nc3c2CCN(c2cccc4cccc(Cl)c24)C3)C[C@@H]1CC#N. The molecule has 5 atom stereocenters. The molecule has 28 nitrogen and oxygen atoms in total. The van der Waals surface area contributed by atoms with Crippen molar-refractivity contribution < 1.29 is 51.2 Å². The highest BCUT2D eigenvalue weighted by Gasteiger charge is 2.41. The highest BCUT2D eigenvalue weighted by Crippen LogP contribution is 2.43. The van der Waals surface area contributed by atoms with E-state index in [0.29, 0.717) is 144 Å². The summed E-state index contributed by atoms with van der Waals surface area (Å²) in [7, 11) is 0. The van der Waals surface area contributed by atoms with E-state index in [1.807, 2.05) is 54.6 Å². The van der Waals surface area contributed by atoms with Gasteiger partial charge in [0.25, 0.3) is 17.7 Å². The summed E-state index contributed by atoms with van der Waals surface area (Å²) in [6, 6.07) is 42.6. The average Bonchev–Trinajstić information content (AvgIpc) is 0.768. The number of benzene rings is 6. The van der Waals surface area contributed by atoms with E-state index in [4.69, 9.17) is 88.4 Å². The van der Waals surface area contributed by atoms with Gasteiger partial charge in [-0.1, -0.05) is 141 Å². The monoisotopic (exact) mass is 1850 g/mol. The number of fused-ring (bicyclic) bond motifs is 6. The molecule has 3 aromatic heterocycles. The Morgan fingerprint density at radius 1 is 0.447 bits per heavy atom. The fourth-order valence-electron chi connectivity index (χ4n) is 19.3. The molecule has 18 rings (SSSR count). The number of amides is 3. The molecule has 5 saturated heterocycles. The molecule has 690 valence electrons. The maximum Gasteiger partial charge on any atom is 0.318 e. The lowest BCUT2D eigenvalue weighted by molar-refractivity contribution is -0.132. The van der Waals surface area contributed by atoms with Gasteiger partial charge in [-0.3, -0.25) is 24.2 Å². The number of halogens is 6. The summed E-state index contributed by atoms with van der Waals surface area (Å²) in [5.74, 6) is -2.65. The molecule has 34 heteroatoms. The van der Waals surface area contributed by atoms with Crippen molar-refractivity contribution in [1.82, 2.24) is 54.4 Å². The van der Waals surface area contributed by atoms with Crippen LogP contribution in [0.1, 0.15) is 93.1 Å². The van der Waals surface area contributed by atoms with Gasteiger partial charge in [0.15, 0.2) is 17.5 Å². The first-order valence-corrected chi connectivity index (χ1v) is 46.5. The van der Waals surface area contributed by atoms with Gasteiger partial charge in [-0.25, -0.2) is 13.2 Å². The summed E-state index contributed by atoms with van der Waals surface area (Å²) < 4.78 is 72.0. The largest absolute Gasteiger partial charge is 0.463 e. The topological polar surface area (TPSA) is 282 Å². The Hall–Kier alpha value is -11.9. The minimum absolute atomic E-state index is 0.0626. The van der Waals surface area contributed by atoms with Crippen molar-refractivity contribution in [3.05, 3.63) is 195 Å². The van der Waals surface area contributed by atoms with Gasteiger partial charge in [-0.05, 0) is 111 Å². The molecule has 9 aliphatic rings. The molecular formula is C98H108Cl3F3N20O8. The van der Waals surface area contributed by atoms with E-state index in [1.54, 1.807) is 0 Å². The third-order valence-corrected chi connectivity index (χ3v) is 27.4. The second kappa shape index (κ2) is 42.4. The fraction of sp³-hybridized carbons (Fsp3) is 0.449. The van der Waals surface area contributed by atoms with Gasteiger partial charge < -0.3 is 67.8 Å². The Kier molecular flexibility index (Phi) is 30.0. The zero-order chi connectivity index (χ0) is 92.4.